The minimum Gasteiger partial charge on any atom is -0.385 e. The first kappa shape index (κ1) is 14.2. The lowest BCUT2D eigenvalue weighted by atomic mass is 10.1. The molecule has 1 aromatic carbocycles. The number of benzene rings is 1. The van der Waals surface area contributed by atoms with Crippen LogP contribution in [0.1, 0.15) is 38.3 Å². The molecule has 0 atom stereocenters. The molecule has 0 amide bonds. The zero-order valence-electron chi connectivity index (χ0n) is 10.5. The van der Waals surface area contributed by atoms with Gasteiger partial charge < -0.3 is 4.74 Å². The van der Waals surface area contributed by atoms with Crippen molar-refractivity contribution in [1.82, 2.24) is 0 Å². The molecule has 0 heterocycles. The zero-order chi connectivity index (χ0) is 11.5. The van der Waals surface area contributed by atoms with Gasteiger partial charge in [-0.2, -0.15) is 0 Å². The van der Waals surface area contributed by atoms with E-state index in [2.05, 4.69) is 31.2 Å². The van der Waals surface area contributed by atoms with E-state index in [1.807, 2.05) is 13.8 Å². The quantitative estimate of drug-likeness (QED) is 0.668. The first-order chi connectivity index (χ1) is 7.36. The molecule has 15 heavy (non-hydrogen) atoms. The molecule has 0 aromatic heterocycles. The fourth-order valence-electron chi connectivity index (χ4n) is 1.36. The summed E-state index contributed by atoms with van der Waals surface area (Å²) < 4.78 is 5.01. The van der Waals surface area contributed by atoms with Crippen LogP contribution in [0.4, 0.5) is 0 Å². The van der Waals surface area contributed by atoms with E-state index in [9.17, 15) is 0 Å². The summed E-state index contributed by atoms with van der Waals surface area (Å²) in [7, 11) is 1.75. The molecular weight excluding hydrogens is 184 g/mol. The van der Waals surface area contributed by atoms with Crippen LogP contribution >= 0.6 is 0 Å². The van der Waals surface area contributed by atoms with Crippen molar-refractivity contribution in [2.75, 3.05) is 13.7 Å². The predicted molar refractivity (Wildman–Crippen MR) is 67.4 cm³/mol. The average Bonchev–Trinajstić information content (AvgIpc) is 2.33. The Morgan fingerprint density at radius 3 is 2.00 bits per heavy atom. The molecule has 0 bridgehead atoms. The molecule has 0 saturated carbocycles. The SMILES string of the molecule is CC.CCc1ccc(CCCOC)cc1. The topological polar surface area (TPSA) is 9.23 Å². The third kappa shape index (κ3) is 6.29. The maximum absolute atomic E-state index is 5.01. The van der Waals surface area contributed by atoms with Crippen molar-refractivity contribution < 1.29 is 4.74 Å². The first-order valence-electron chi connectivity index (χ1n) is 5.93. The molecule has 1 heteroatoms. The number of rotatable bonds is 5. The van der Waals surface area contributed by atoms with Gasteiger partial charge in [-0.1, -0.05) is 45.0 Å². The second-order valence-electron chi connectivity index (χ2n) is 3.27. The van der Waals surface area contributed by atoms with E-state index >= 15 is 0 Å². The zero-order valence-corrected chi connectivity index (χ0v) is 10.5. The molecule has 86 valence electrons. The normalized spacial score (nSPS) is 9.33. The molecule has 1 rings (SSSR count). The van der Waals surface area contributed by atoms with E-state index < -0.39 is 0 Å². The van der Waals surface area contributed by atoms with E-state index in [0.717, 1.165) is 25.9 Å². The van der Waals surface area contributed by atoms with Crippen LogP contribution < -0.4 is 0 Å². The van der Waals surface area contributed by atoms with Crippen LogP contribution in [-0.4, -0.2) is 13.7 Å². The fraction of sp³-hybridized carbons (Fsp3) is 0.571. The largest absolute Gasteiger partial charge is 0.385 e. The van der Waals surface area contributed by atoms with Crippen LogP contribution in [0.25, 0.3) is 0 Å². The van der Waals surface area contributed by atoms with Gasteiger partial charge in [0.1, 0.15) is 0 Å². The van der Waals surface area contributed by atoms with Gasteiger partial charge in [0, 0.05) is 13.7 Å². The first-order valence-corrected chi connectivity index (χ1v) is 5.93. The number of methoxy groups -OCH3 is 1. The third-order valence-electron chi connectivity index (χ3n) is 2.25. The van der Waals surface area contributed by atoms with Crippen LogP contribution in [-0.2, 0) is 17.6 Å². The maximum Gasteiger partial charge on any atom is 0.0465 e. The van der Waals surface area contributed by atoms with E-state index in [4.69, 9.17) is 4.74 Å². The summed E-state index contributed by atoms with van der Waals surface area (Å²) in [4.78, 5) is 0. The lowest BCUT2D eigenvalue weighted by Crippen LogP contribution is -1.92. The van der Waals surface area contributed by atoms with Crippen LogP contribution in [0.5, 0.6) is 0 Å². The highest BCUT2D eigenvalue weighted by atomic mass is 16.5. The molecule has 0 fully saturated rings. The van der Waals surface area contributed by atoms with Gasteiger partial charge in [0.2, 0.25) is 0 Å². The molecule has 0 radical (unpaired) electrons. The maximum atomic E-state index is 5.01. The Kier molecular flexibility index (Phi) is 9.19. The smallest absolute Gasteiger partial charge is 0.0465 e. The van der Waals surface area contributed by atoms with Gasteiger partial charge in [-0.15, -0.1) is 0 Å². The summed E-state index contributed by atoms with van der Waals surface area (Å²) in [5.74, 6) is 0. The second kappa shape index (κ2) is 9.72. The van der Waals surface area contributed by atoms with Crippen molar-refractivity contribution in [2.45, 2.75) is 40.0 Å². The lowest BCUT2D eigenvalue weighted by Gasteiger charge is -2.02. The van der Waals surface area contributed by atoms with Gasteiger partial charge in [-0.25, -0.2) is 0 Å². The lowest BCUT2D eigenvalue weighted by molar-refractivity contribution is 0.195. The summed E-state index contributed by atoms with van der Waals surface area (Å²) in [6.07, 6.45) is 3.36. The molecule has 0 N–H and O–H groups in total. The summed E-state index contributed by atoms with van der Waals surface area (Å²) in [5, 5.41) is 0. The number of ether oxygens (including phenoxy) is 1. The molecule has 1 aromatic rings. The molecule has 0 aliphatic rings. The number of hydrogen-bond acceptors (Lipinski definition) is 1. The van der Waals surface area contributed by atoms with Gasteiger partial charge in [-0.3, -0.25) is 0 Å². The minimum atomic E-state index is 0.857. The summed E-state index contributed by atoms with van der Waals surface area (Å²) in [5.41, 5.74) is 2.82. The Morgan fingerprint density at radius 1 is 1.00 bits per heavy atom. The molecule has 0 unspecified atom stereocenters. The molecule has 0 aliphatic carbocycles. The van der Waals surface area contributed by atoms with Crippen LogP contribution in [0, 0.1) is 0 Å². The van der Waals surface area contributed by atoms with Crippen LogP contribution in [0.2, 0.25) is 0 Å². The third-order valence-corrected chi connectivity index (χ3v) is 2.25. The van der Waals surface area contributed by atoms with Gasteiger partial charge in [-0.05, 0) is 30.4 Å². The summed E-state index contributed by atoms with van der Waals surface area (Å²) in [6, 6.07) is 8.85. The van der Waals surface area contributed by atoms with E-state index in [0.29, 0.717) is 0 Å². The molecule has 0 aliphatic heterocycles. The monoisotopic (exact) mass is 208 g/mol. The Bertz CT molecular complexity index is 226. The Labute approximate surface area is 94.5 Å². The van der Waals surface area contributed by atoms with Crippen molar-refractivity contribution in [3.63, 3.8) is 0 Å². The van der Waals surface area contributed by atoms with Gasteiger partial charge in [0.25, 0.3) is 0 Å². The van der Waals surface area contributed by atoms with Crippen molar-refractivity contribution in [1.29, 1.82) is 0 Å². The second-order valence-corrected chi connectivity index (χ2v) is 3.27. The van der Waals surface area contributed by atoms with Crippen molar-refractivity contribution in [2.24, 2.45) is 0 Å². The molecular formula is C14H24O. The highest BCUT2D eigenvalue weighted by Crippen LogP contribution is 2.07. The molecule has 1 nitrogen and oxygen atoms in total. The standard InChI is InChI=1S/C12H18O.C2H6/c1-3-11-6-8-12(9-7-11)5-4-10-13-2;1-2/h6-9H,3-5,10H2,1-2H3;1-2H3. The minimum absolute atomic E-state index is 0.857. The highest BCUT2D eigenvalue weighted by Gasteiger charge is 1.93. The van der Waals surface area contributed by atoms with E-state index in [1.165, 1.54) is 11.1 Å². The highest BCUT2D eigenvalue weighted by molar-refractivity contribution is 5.22. The number of hydrogen-bond donors (Lipinski definition) is 0. The van der Waals surface area contributed by atoms with Gasteiger partial charge in [0.05, 0.1) is 0 Å². The van der Waals surface area contributed by atoms with Gasteiger partial charge in [0.15, 0.2) is 0 Å². The van der Waals surface area contributed by atoms with Crippen molar-refractivity contribution in [3.8, 4) is 0 Å². The van der Waals surface area contributed by atoms with Crippen molar-refractivity contribution in [3.05, 3.63) is 35.4 Å². The van der Waals surface area contributed by atoms with E-state index in [-0.39, 0.29) is 0 Å². The van der Waals surface area contributed by atoms with Crippen molar-refractivity contribution >= 4 is 0 Å². The van der Waals surface area contributed by atoms with E-state index in [1.54, 1.807) is 7.11 Å². The fourth-order valence-corrected chi connectivity index (χ4v) is 1.36. The van der Waals surface area contributed by atoms with Crippen LogP contribution in [0.3, 0.4) is 0 Å². The Morgan fingerprint density at radius 2 is 1.53 bits per heavy atom. The predicted octanol–water partition coefficient (Wildman–Crippen LogP) is 3.85. The number of aryl methyl sites for hydroxylation is 2. The molecule has 0 spiro atoms. The summed E-state index contributed by atoms with van der Waals surface area (Å²) in [6.45, 7) is 7.04. The van der Waals surface area contributed by atoms with Crippen LogP contribution in [0.15, 0.2) is 24.3 Å². The average molecular weight is 208 g/mol. The summed E-state index contributed by atoms with van der Waals surface area (Å²) >= 11 is 0. The Balaban J connectivity index is 0.000000921. The Hall–Kier alpha value is -0.820. The van der Waals surface area contributed by atoms with Gasteiger partial charge >= 0.3 is 0 Å². The molecule has 0 saturated heterocycles.